The topological polar surface area (TPSA) is 34.1 Å². The SMILES string of the molecule is CC(C)(C(Cl)c1ccc(Cl)s1)S(C)(=O)=O. The summed E-state index contributed by atoms with van der Waals surface area (Å²) in [4.78, 5) is 0.775. The highest BCUT2D eigenvalue weighted by Crippen LogP contribution is 2.41. The highest BCUT2D eigenvalue weighted by atomic mass is 35.5. The Morgan fingerprint density at radius 1 is 1.40 bits per heavy atom. The molecule has 86 valence electrons. The van der Waals surface area contributed by atoms with E-state index in [2.05, 4.69) is 0 Å². The Balaban J connectivity index is 3.10. The van der Waals surface area contributed by atoms with Crippen LogP contribution in [0.4, 0.5) is 0 Å². The van der Waals surface area contributed by atoms with Crippen molar-refractivity contribution in [2.75, 3.05) is 6.26 Å². The first-order chi connectivity index (χ1) is 6.66. The van der Waals surface area contributed by atoms with Crippen LogP contribution in [0.1, 0.15) is 24.1 Å². The van der Waals surface area contributed by atoms with Gasteiger partial charge in [-0.15, -0.1) is 22.9 Å². The van der Waals surface area contributed by atoms with Crippen LogP contribution in [-0.2, 0) is 9.84 Å². The van der Waals surface area contributed by atoms with Gasteiger partial charge in [0.15, 0.2) is 9.84 Å². The van der Waals surface area contributed by atoms with E-state index in [-0.39, 0.29) is 0 Å². The molecule has 0 fully saturated rings. The Morgan fingerprint density at radius 2 is 1.93 bits per heavy atom. The average molecular weight is 287 g/mol. The van der Waals surface area contributed by atoms with Crippen LogP contribution >= 0.6 is 34.5 Å². The van der Waals surface area contributed by atoms with Crippen molar-refractivity contribution in [1.82, 2.24) is 0 Å². The minimum Gasteiger partial charge on any atom is -0.229 e. The summed E-state index contributed by atoms with van der Waals surface area (Å²) < 4.78 is 22.7. The summed E-state index contributed by atoms with van der Waals surface area (Å²) in [6.07, 6.45) is 1.19. The quantitative estimate of drug-likeness (QED) is 0.797. The van der Waals surface area contributed by atoms with Crippen molar-refractivity contribution in [2.45, 2.75) is 24.0 Å². The molecular weight excluding hydrogens is 275 g/mol. The van der Waals surface area contributed by atoms with Gasteiger partial charge in [0.2, 0.25) is 0 Å². The van der Waals surface area contributed by atoms with Gasteiger partial charge in [0.05, 0.1) is 14.5 Å². The van der Waals surface area contributed by atoms with Crippen LogP contribution < -0.4 is 0 Å². The van der Waals surface area contributed by atoms with Crippen LogP contribution in [0.5, 0.6) is 0 Å². The Bertz CT molecular complexity index is 448. The van der Waals surface area contributed by atoms with Crippen molar-refractivity contribution in [3.05, 3.63) is 21.3 Å². The second kappa shape index (κ2) is 4.24. The molecule has 0 bridgehead atoms. The molecule has 15 heavy (non-hydrogen) atoms. The van der Waals surface area contributed by atoms with Gasteiger partial charge in [0, 0.05) is 11.1 Å². The maximum Gasteiger partial charge on any atom is 0.154 e. The summed E-state index contributed by atoms with van der Waals surface area (Å²) in [5.41, 5.74) is 0. The lowest BCUT2D eigenvalue weighted by atomic mass is 10.1. The highest BCUT2D eigenvalue weighted by molar-refractivity contribution is 7.92. The minimum absolute atomic E-state index is 0.579. The first kappa shape index (κ1) is 13.3. The van der Waals surface area contributed by atoms with E-state index in [1.54, 1.807) is 26.0 Å². The molecule has 0 spiro atoms. The minimum atomic E-state index is -3.21. The smallest absolute Gasteiger partial charge is 0.154 e. The zero-order valence-electron chi connectivity index (χ0n) is 8.62. The summed E-state index contributed by atoms with van der Waals surface area (Å²) in [6, 6.07) is 3.48. The van der Waals surface area contributed by atoms with Crippen LogP contribution in [0, 0.1) is 0 Å². The summed E-state index contributed by atoms with van der Waals surface area (Å²) in [5, 5.41) is -0.579. The Kier molecular flexibility index (Phi) is 3.76. The molecule has 0 N–H and O–H groups in total. The van der Waals surface area contributed by atoms with E-state index < -0.39 is 20.0 Å². The van der Waals surface area contributed by atoms with Gasteiger partial charge >= 0.3 is 0 Å². The molecule has 0 aromatic carbocycles. The Labute approximate surface area is 104 Å². The summed E-state index contributed by atoms with van der Waals surface area (Å²) in [5.74, 6) is 0. The summed E-state index contributed by atoms with van der Waals surface area (Å²) in [7, 11) is -3.21. The van der Waals surface area contributed by atoms with Gasteiger partial charge in [-0.2, -0.15) is 0 Å². The zero-order chi connectivity index (χ0) is 11.9. The third-order valence-corrected chi connectivity index (χ3v) is 6.89. The maximum atomic E-state index is 11.6. The van der Waals surface area contributed by atoms with Crippen LogP contribution in [0.3, 0.4) is 0 Å². The number of rotatable bonds is 3. The van der Waals surface area contributed by atoms with Crippen molar-refractivity contribution in [3.8, 4) is 0 Å². The van der Waals surface area contributed by atoms with Crippen molar-refractivity contribution >= 4 is 44.4 Å². The summed E-state index contributed by atoms with van der Waals surface area (Å²) in [6.45, 7) is 3.24. The van der Waals surface area contributed by atoms with Gasteiger partial charge in [-0.1, -0.05) is 11.6 Å². The largest absolute Gasteiger partial charge is 0.229 e. The number of hydrogen-bond donors (Lipinski definition) is 0. The van der Waals surface area contributed by atoms with Crippen molar-refractivity contribution in [1.29, 1.82) is 0 Å². The van der Waals surface area contributed by atoms with Crippen LogP contribution in [0.25, 0.3) is 0 Å². The lowest BCUT2D eigenvalue weighted by molar-refractivity contribution is 0.545. The van der Waals surface area contributed by atoms with E-state index in [1.807, 2.05) is 0 Å². The molecule has 0 amide bonds. The molecule has 1 unspecified atom stereocenters. The second-order valence-electron chi connectivity index (χ2n) is 3.88. The number of thiophene rings is 1. The molecule has 0 radical (unpaired) electrons. The fourth-order valence-corrected chi connectivity index (χ4v) is 3.49. The van der Waals surface area contributed by atoms with E-state index in [0.29, 0.717) is 4.34 Å². The van der Waals surface area contributed by atoms with Crippen molar-refractivity contribution in [2.24, 2.45) is 0 Å². The molecule has 0 aliphatic carbocycles. The van der Waals surface area contributed by atoms with Gasteiger partial charge < -0.3 is 0 Å². The Hall–Kier alpha value is 0.230. The second-order valence-corrected chi connectivity index (χ2v) is 8.66. The number of hydrogen-bond acceptors (Lipinski definition) is 3. The number of sulfone groups is 1. The van der Waals surface area contributed by atoms with Gasteiger partial charge in [-0.05, 0) is 26.0 Å². The maximum absolute atomic E-state index is 11.6. The zero-order valence-corrected chi connectivity index (χ0v) is 11.8. The van der Waals surface area contributed by atoms with Crippen LogP contribution in [0.2, 0.25) is 4.34 Å². The molecule has 0 saturated carbocycles. The molecule has 0 saturated heterocycles. The van der Waals surface area contributed by atoms with Gasteiger partial charge in [0.1, 0.15) is 0 Å². The molecule has 0 aliphatic rings. The van der Waals surface area contributed by atoms with Crippen LogP contribution in [0.15, 0.2) is 12.1 Å². The number of alkyl halides is 1. The third kappa shape index (κ3) is 2.67. The van der Waals surface area contributed by atoms with E-state index in [4.69, 9.17) is 23.2 Å². The summed E-state index contributed by atoms with van der Waals surface area (Å²) >= 11 is 13.3. The predicted octanol–water partition coefficient (Wildman–Crippen LogP) is 3.50. The van der Waals surface area contributed by atoms with Gasteiger partial charge in [0.25, 0.3) is 0 Å². The Morgan fingerprint density at radius 3 is 2.27 bits per heavy atom. The van der Waals surface area contributed by atoms with Crippen molar-refractivity contribution < 1.29 is 8.42 Å². The standard InChI is InChI=1S/C9H12Cl2O2S2/c1-9(2,15(3,12)13)8(11)6-4-5-7(10)14-6/h4-5,8H,1-3H3. The molecule has 0 aliphatic heterocycles. The van der Waals surface area contributed by atoms with E-state index >= 15 is 0 Å². The number of halogens is 2. The van der Waals surface area contributed by atoms with Crippen molar-refractivity contribution in [3.63, 3.8) is 0 Å². The molecule has 2 nitrogen and oxygen atoms in total. The molecule has 6 heteroatoms. The van der Waals surface area contributed by atoms with Gasteiger partial charge in [-0.3, -0.25) is 0 Å². The molecule has 1 heterocycles. The average Bonchev–Trinajstić information content (AvgIpc) is 2.48. The fourth-order valence-electron chi connectivity index (χ4n) is 0.995. The van der Waals surface area contributed by atoms with E-state index in [1.165, 1.54) is 17.6 Å². The van der Waals surface area contributed by atoms with Crippen LogP contribution in [-0.4, -0.2) is 19.4 Å². The molecule has 1 aromatic rings. The molecule has 1 rings (SSSR count). The van der Waals surface area contributed by atoms with Gasteiger partial charge in [-0.25, -0.2) is 8.42 Å². The third-order valence-electron chi connectivity index (χ3n) is 2.41. The molecule has 1 atom stereocenters. The molecular formula is C9H12Cl2O2S2. The monoisotopic (exact) mass is 286 g/mol. The molecule has 1 aromatic heterocycles. The first-order valence-corrected chi connectivity index (χ1v) is 7.77. The van der Waals surface area contributed by atoms with E-state index in [0.717, 1.165) is 4.88 Å². The lowest BCUT2D eigenvalue weighted by Gasteiger charge is -2.27. The first-order valence-electron chi connectivity index (χ1n) is 4.25. The highest BCUT2D eigenvalue weighted by Gasteiger charge is 2.39. The predicted molar refractivity (Wildman–Crippen MR) is 66.8 cm³/mol. The lowest BCUT2D eigenvalue weighted by Crippen LogP contribution is -2.35. The van der Waals surface area contributed by atoms with E-state index in [9.17, 15) is 8.42 Å². The fraction of sp³-hybridized carbons (Fsp3) is 0.556. The normalized spacial score (nSPS) is 15.3.